The highest BCUT2D eigenvalue weighted by molar-refractivity contribution is 6.03. The van der Waals surface area contributed by atoms with Gasteiger partial charge >= 0.3 is 0 Å². The van der Waals surface area contributed by atoms with Crippen LogP contribution < -0.4 is 18.6 Å². The number of hydrogen-bond donors (Lipinski definition) is 0. The van der Waals surface area contributed by atoms with Crippen LogP contribution in [0.5, 0.6) is 0 Å². The summed E-state index contributed by atoms with van der Waals surface area (Å²) in [5, 5.41) is 0. The second-order valence-electron chi connectivity index (χ2n) is 17.0. The quantitative estimate of drug-likeness (QED) is 0.0786. The number of allylic oxidation sites excluding steroid dienone is 4. The summed E-state index contributed by atoms with van der Waals surface area (Å²) >= 11 is 0. The first-order valence-corrected chi connectivity index (χ1v) is 22.9. The Morgan fingerprint density at radius 3 is 1.56 bits per heavy atom. The smallest absolute Gasteiger partial charge is 0.209 e. The summed E-state index contributed by atoms with van der Waals surface area (Å²) in [6.45, 7) is 15.5. The molecule has 5 nitrogen and oxygen atoms in total. The van der Waals surface area contributed by atoms with Gasteiger partial charge in [0.1, 0.15) is 6.54 Å². The van der Waals surface area contributed by atoms with Crippen LogP contribution in [0.3, 0.4) is 0 Å². The molecule has 0 aromatic heterocycles. The van der Waals surface area contributed by atoms with Crippen molar-refractivity contribution in [2.24, 2.45) is 0 Å². The maximum Gasteiger partial charge on any atom is 0.209 e. The zero-order valence-corrected chi connectivity index (χ0v) is 35.7. The summed E-state index contributed by atoms with van der Waals surface area (Å²) in [4.78, 5) is 0. The van der Waals surface area contributed by atoms with Gasteiger partial charge in [-0.05, 0) is 37.8 Å². The maximum absolute atomic E-state index is 8.49. The molecule has 2 aromatic carbocycles. The van der Waals surface area contributed by atoms with E-state index >= 15 is 0 Å². The van der Waals surface area contributed by atoms with Crippen molar-refractivity contribution in [1.29, 1.82) is 0 Å². The van der Waals surface area contributed by atoms with Crippen molar-refractivity contribution >= 4 is 11.4 Å². The molecule has 2 aliphatic rings. The van der Waals surface area contributed by atoms with Crippen LogP contribution in [0.25, 0.3) is 0 Å². The minimum Gasteiger partial charge on any atom is -0.222 e. The fraction of sp³-hybridized carbons (Fsp3) is 0.646. The van der Waals surface area contributed by atoms with Crippen LogP contribution in [0, 0.1) is 10.2 Å². The van der Waals surface area contributed by atoms with Gasteiger partial charge in [-0.2, -0.15) is 4.58 Å². The van der Waals surface area contributed by atoms with Crippen molar-refractivity contribution in [2.75, 3.05) is 6.54 Å². The number of benzene rings is 2. The molecule has 2 aromatic rings. The van der Waals surface area contributed by atoms with Gasteiger partial charge in [0.2, 0.25) is 5.69 Å². The monoisotopic (exact) mass is 764 g/mol. The molecule has 54 heavy (non-hydrogen) atoms. The molecule has 1 aliphatic carbocycles. The first-order valence-electron chi connectivity index (χ1n) is 21.7. The normalized spacial score (nSPS) is 18.0. The van der Waals surface area contributed by atoms with Crippen LogP contribution in [0.4, 0.5) is 5.69 Å². The molecular formula is C48H74ClNO4. The minimum atomic E-state index is -4.94. The predicted octanol–water partition coefficient (Wildman–Crippen LogP) is 10.1. The Balaban J connectivity index is 0.00000147. The van der Waals surface area contributed by atoms with E-state index in [2.05, 4.69) is 113 Å². The first-order chi connectivity index (χ1) is 25.8. The molecule has 0 N–H and O–H groups in total. The third-order valence-electron chi connectivity index (χ3n) is 12.0. The average molecular weight is 765 g/mol. The maximum atomic E-state index is 8.49. The lowest BCUT2D eigenvalue weighted by molar-refractivity contribution is -2.00. The number of unbranched alkanes of at least 4 members (excludes halogenated alkanes) is 18. The van der Waals surface area contributed by atoms with E-state index in [4.69, 9.17) is 18.6 Å². The second kappa shape index (κ2) is 23.7. The summed E-state index contributed by atoms with van der Waals surface area (Å²) in [5.41, 5.74) is 9.15. The standard InChI is InChI=1S/C48H74N.ClHO4/c1-7-9-11-13-15-17-19-21-23-25-32-40-41-33-26-27-34-42(41)47(3,4)43(40)36-31-38-46-48(5,6)44-35-28-29-37-45(44)49(46)39-30-24-22-20-18-16-14-12-10-8-2;2-1(3,4)5/h26-29,31,33-38,40H,7-25,30,32,39H2,1-6H3;(H,2,3,4,5)/q+1;/p-1/b38-31+,43-36+;. The molecule has 0 fully saturated rings. The average Bonchev–Trinajstić information content (AvgIpc) is 3.47. The van der Waals surface area contributed by atoms with E-state index in [1.54, 1.807) is 11.1 Å². The Kier molecular flexibility index (Phi) is 20.2. The largest absolute Gasteiger partial charge is 0.222 e. The van der Waals surface area contributed by atoms with E-state index in [0.29, 0.717) is 5.92 Å². The molecule has 0 bridgehead atoms. The third-order valence-corrected chi connectivity index (χ3v) is 12.0. The Bertz CT molecular complexity index is 1460. The second-order valence-corrected chi connectivity index (χ2v) is 17.7. The molecule has 1 unspecified atom stereocenters. The summed E-state index contributed by atoms with van der Waals surface area (Å²) in [6, 6.07) is 18.5. The topological polar surface area (TPSA) is 95.2 Å². The van der Waals surface area contributed by atoms with E-state index < -0.39 is 10.2 Å². The van der Waals surface area contributed by atoms with E-state index in [1.807, 2.05) is 0 Å². The third kappa shape index (κ3) is 14.7. The number of nitrogens with zero attached hydrogens (tertiary/aromatic N) is 1. The molecule has 302 valence electrons. The lowest BCUT2D eigenvalue weighted by Gasteiger charge is -2.24. The van der Waals surface area contributed by atoms with E-state index in [9.17, 15) is 0 Å². The van der Waals surface area contributed by atoms with Crippen molar-refractivity contribution < 1.29 is 33.5 Å². The minimum absolute atomic E-state index is 0.00759. The van der Waals surface area contributed by atoms with E-state index in [-0.39, 0.29) is 10.8 Å². The number of halogens is 1. The Labute approximate surface area is 332 Å². The van der Waals surface area contributed by atoms with Crippen LogP contribution in [-0.2, 0) is 10.8 Å². The molecule has 1 heterocycles. The van der Waals surface area contributed by atoms with Crippen molar-refractivity contribution in [1.82, 2.24) is 0 Å². The highest BCUT2D eigenvalue weighted by Crippen LogP contribution is 2.52. The molecule has 0 saturated carbocycles. The number of para-hydroxylation sites is 1. The van der Waals surface area contributed by atoms with Crippen molar-refractivity contribution in [3.8, 4) is 0 Å². The van der Waals surface area contributed by atoms with Gasteiger partial charge in [-0.15, -0.1) is 10.2 Å². The number of hydrogen-bond acceptors (Lipinski definition) is 4. The molecule has 4 rings (SSSR count). The molecule has 0 saturated heterocycles. The summed E-state index contributed by atoms with van der Waals surface area (Å²) in [5.74, 6) is 0.534. The number of fused-ring (bicyclic) bond motifs is 2. The van der Waals surface area contributed by atoms with Gasteiger partial charge in [0.05, 0.1) is 5.41 Å². The van der Waals surface area contributed by atoms with E-state index in [1.165, 1.54) is 157 Å². The highest BCUT2D eigenvalue weighted by Gasteiger charge is 2.44. The van der Waals surface area contributed by atoms with Gasteiger partial charge in [0, 0.05) is 35.5 Å². The molecular weight excluding hydrogens is 690 g/mol. The van der Waals surface area contributed by atoms with E-state index in [0.717, 1.165) is 6.54 Å². The van der Waals surface area contributed by atoms with Gasteiger partial charge in [0.15, 0.2) is 5.71 Å². The fourth-order valence-electron chi connectivity index (χ4n) is 8.98. The first kappa shape index (κ1) is 46.1. The van der Waals surface area contributed by atoms with Crippen molar-refractivity contribution in [2.45, 2.75) is 193 Å². The lowest BCUT2D eigenvalue weighted by Crippen LogP contribution is -2.68. The molecule has 6 heteroatoms. The summed E-state index contributed by atoms with van der Waals surface area (Å²) in [6.07, 6.45) is 36.5. The predicted molar refractivity (Wildman–Crippen MR) is 217 cm³/mol. The fourth-order valence-corrected chi connectivity index (χ4v) is 8.98. The van der Waals surface area contributed by atoms with Crippen LogP contribution in [0.2, 0.25) is 0 Å². The molecule has 1 aliphatic heterocycles. The van der Waals surface area contributed by atoms with Crippen molar-refractivity contribution in [3.05, 3.63) is 89.0 Å². The van der Waals surface area contributed by atoms with Crippen LogP contribution in [0.15, 0.2) is 72.3 Å². The van der Waals surface area contributed by atoms with Gasteiger partial charge < -0.3 is 0 Å². The summed E-state index contributed by atoms with van der Waals surface area (Å²) < 4.78 is 36.6. The molecule has 0 spiro atoms. The Morgan fingerprint density at radius 2 is 1.02 bits per heavy atom. The molecule has 1 atom stereocenters. The molecule has 0 amide bonds. The van der Waals surface area contributed by atoms with Crippen molar-refractivity contribution in [3.63, 3.8) is 0 Å². The van der Waals surface area contributed by atoms with Crippen LogP contribution >= 0.6 is 0 Å². The van der Waals surface area contributed by atoms with Gasteiger partial charge in [-0.3, -0.25) is 0 Å². The zero-order chi connectivity index (χ0) is 39.5. The Morgan fingerprint density at radius 1 is 0.574 bits per heavy atom. The van der Waals surface area contributed by atoms with Gasteiger partial charge in [-0.1, -0.05) is 203 Å². The Hall–Kier alpha value is -2.28. The van der Waals surface area contributed by atoms with Gasteiger partial charge in [-0.25, -0.2) is 18.6 Å². The highest BCUT2D eigenvalue weighted by atomic mass is 35.7. The summed E-state index contributed by atoms with van der Waals surface area (Å²) in [7, 11) is -4.94. The zero-order valence-electron chi connectivity index (χ0n) is 34.9. The SMILES string of the molecule is CCCCCCCCCCCCC1/C(=C\C=C\C2=[N+](CCCCCCCCCCCC)c3ccccc3C2(C)C)C(C)(C)c2ccccc21.[O-][Cl+3]([O-])([O-])[O-]. The lowest BCUT2D eigenvalue weighted by atomic mass is 9.79. The van der Waals surface area contributed by atoms with Crippen LogP contribution in [0.1, 0.15) is 199 Å². The van der Waals surface area contributed by atoms with Gasteiger partial charge in [0.25, 0.3) is 0 Å². The van der Waals surface area contributed by atoms with Crippen LogP contribution in [-0.4, -0.2) is 16.8 Å². The molecule has 0 radical (unpaired) electrons. The number of rotatable bonds is 24.